The Hall–Kier alpha value is -0.590. The summed E-state index contributed by atoms with van der Waals surface area (Å²) in [4.78, 5) is 4.10. The smallest absolute Gasteiger partial charge is 0.0331 e. The van der Waals surface area contributed by atoms with Crippen molar-refractivity contribution >= 4 is 6.21 Å². The van der Waals surface area contributed by atoms with Crippen LogP contribution in [0.1, 0.15) is 41.5 Å². The van der Waals surface area contributed by atoms with E-state index in [2.05, 4.69) is 24.9 Å². The van der Waals surface area contributed by atoms with Crippen LogP contribution in [0.15, 0.2) is 16.8 Å². The van der Waals surface area contributed by atoms with Crippen LogP contribution in [0.4, 0.5) is 0 Å². The van der Waals surface area contributed by atoms with Crippen LogP contribution in [0.3, 0.4) is 0 Å². The molecule has 0 unspecified atom stereocenters. The third kappa shape index (κ3) is 12.6. The zero-order valence-corrected chi connectivity index (χ0v) is 8.68. The molecule has 0 N–H and O–H groups in total. The molecule has 0 spiro atoms. The average Bonchev–Trinajstić information content (AvgIpc) is 1.91. The zero-order chi connectivity index (χ0) is 9.28. The first-order chi connectivity index (χ1) is 5.16. The first-order valence-electron chi connectivity index (χ1n) is 4.34. The molecule has 66 valence electrons. The molecular formula is C10H21N. The Kier molecular flexibility index (Phi) is 11.1. The van der Waals surface area contributed by atoms with Crippen LogP contribution in [0.5, 0.6) is 0 Å². The predicted octanol–water partition coefficient (Wildman–Crippen LogP) is 3.66. The molecule has 0 aliphatic heterocycles. The molecule has 0 aliphatic rings. The molecule has 0 atom stereocenters. The van der Waals surface area contributed by atoms with Crippen molar-refractivity contribution in [3.63, 3.8) is 0 Å². The second-order valence-corrected chi connectivity index (χ2v) is 2.44. The molecule has 0 aliphatic carbocycles. The third-order valence-corrected chi connectivity index (χ3v) is 0.907. The summed E-state index contributed by atoms with van der Waals surface area (Å²) in [5.74, 6) is 0.605. The quantitative estimate of drug-likeness (QED) is 0.540. The van der Waals surface area contributed by atoms with Crippen molar-refractivity contribution in [2.45, 2.75) is 41.5 Å². The molecule has 11 heavy (non-hydrogen) atoms. The van der Waals surface area contributed by atoms with Gasteiger partial charge in [-0.1, -0.05) is 33.8 Å². The summed E-state index contributed by atoms with van der Waals surface area (Å²) in [6.07, 6.45) is 3.95. The van der Waals surface area contributed by atoms with E-state index in [9.17, 15) is 0 Å². The minimum Gasteiger partial charge on any atom is -0.267 e. The van der Waals surface area contributed by atoms with Gasteiger partial charge in [-0.15, -0.1) is 0 Å². The monoisotopic (exact) mass is 155 g/mol. The lowest BCUT2D eigenvalue weighted by Gasteiger charge is -1.94. The molecule has 0 saturated heterocycles. The van der Waals surface area contributed by atoms with Gasteiger partial charge < -0.3 is 0 Å². The number of allylic oxidation sites excluding steroid dienone is 2. The van der Waals surface area contributed by atoms with Gasteiger partial charge in [0.1, 0.15) is 0 Å². The van der Waals surface area contributed by atoms with Crippen molar-refractivity contribution in [1.29, 1.82) is 0 Å². The Morgan fingerprint density at radius 1 is 1.27 bits per heavy atom. The normalized spacial score (nSPS) is 11.7. The molecule has 0 amide bonds. The van der Waals surface area contributed by atoms with Gasteiger partial charge in [0.2, 0.25) is 0 Å². The van der Waals surface area contributed by atoms with Gasteiger partial charge in [-0.25, -0.2) is 0 Å². The summed E-state index contributed by atoms with van der Waals surface area (Å²) in [5, 5.41) is 0. The molecule has 0 fully saturated rings. The molecule has 0 saturated carbocycles. The van der Waals surface area contributed by atoms with E-state index in [0.29, 0.717) is 5.92 Å². The van der Waals surface area contributed by atoms with E-state index in [4.69, 9.17) is 0 Å². The topological polar surface area (TPSA) is 12.4 Å². The SMILES string of the molecule is CC.CC=N/C(C)=C\C(C)C. The number of hydrogen-bond donors (Lipinski definition) is 0. The number of aliphatic imine (C=N–C) groups is 1. The minimum absolute atomic E-state index is 0.605. The molecule has 0 aromatic carbocycles. The minimum atomic E-state index is 0.605. The van der Waals surface area contributed by atoms with Crippen LogP contribution in [-0.4, -0.2) is 6.21 Å². The van der Waals surface area contributed by atoms with E-state index in [1.165, 1.54) is 0 Å². The van der Waals surface area contributed by atoms with Crippen molar-refractivity contribution in [3.05, 3.63) is 11.8 Å². The van der Waals surface area contributed by atoms with Gasteiger partial charge in [-0.3, -0.25) is 4.99 Å². The average molecular weight is 155 g/mol. The molecule has 1 heteroatoms. The molecule has 0 rings (SSSR count). The lowest BCUT2D eigenvalue weighted by atomic mass is 10.2. The van der Waals surface area contributed by atoms with Gasteiger partial charge >= 0.3 is 0 Å². The van der Waals surface area contributed by atoms with Crippen molar-refractivity contribution < 1.29 is 0 Å². The maximum Gasteiger partial charge on any atom is 0.0331 e. The summed E-state index contributed by atoms with van der Waals surface area (Å²) >= 11 is 0. The van der Waals surface area contributed by atoms with Crippen LogP contribution in [-0.2, 0) is 0 Å². The Balaban J connectivity index is 0. The summed E-state index contributed by atoms with van der Waals surface area (Å²) in [6.45, 7) is 12.2. The van der Waals surface area contributed by atoms with Gasteiger partial charge in [-0.2, -0.15) is 0 Å². The predicted molar refractivity (Wildman–Crippen MR) is 54.1 cm³/mol. The maximum absolute atomic E-state index is 4.10. The first kappa shape index (κ1) is 13.0. The van der Waals surface area contributed by atoms with Crippen molar-refractivity contribution in [2.75, 3.05) is 0 Å². The maximum atomic E-state index is 4.10. The molecule has 1 nitrogen and oxygen atoms in total. The van der Waals surface area contributed by atoms with E-state index in [1.807, 2.05) is 33.9 Å². The van der Waals surface area contributed by atoms with Crippen LogP contribution < -0.4 is 0 Å². The molecule has 0 aromatic rings. The summed E-state index contributed by atoms with van der Waals surface area (Å²) in [5.41, 5.74) is 1.10. The molecule has 0 bridgehead atoms. The van der Waals surface area contributed by atoms with E-state index >= 15 is 0 Å². The Labute approximate surface area is 71.2 Å². The fraction of sp³-hybridized carbons (Fsp3) is 0.700. The Morgan fingerprint density at radius 3 is 2.00 bits per heavy atom. The zero-order valence-electron chi connectivity index (χ0n) is 8.68. The van der Waals surface area contributed by atoms with E-state index in [1.54, 1.807) is 0 Å². The third-order valence-electron chi connectivity index (χ3n) is 0.907. The van der Waals surface area contributed by atoms with Gasteiger partial charge in [0.15, 0.2) is 0 Å². The van der Waals surface area contributed by atoms with Crippen molar-refractivity contribution in [1.82, 2.24) is 0 Å². The molecule has 0 heterocycles. The summed E-state index contributed by atoms with van der Waals surface area (Å²) in [7, 11) is 0. The highest BCUT2D eigenvalue weighted by Crippen LogP contribution is 2.01. The highest BCUT2D eigenvalue weighted by molar-refractivity contribution is 5.55. The number of hydrogen-bond acceptors (Lipinski definition) is 1. The van der Waals surface area contributed by atoms with E-state index < -0.39 is 0 Å². The lowest BCUT2D eigenvalue weighted by molar-refractivity contribution is 0.820. The van der Waals surface area contributed by atoms with Crippen LogP contribution >= 0.6 is 0 Å². The van der Waals surface area contributed by atoms with Crippen LogP contribution in [0.2, 0.25) is 0 Å². The standard InChI is InChI=1S/C8H15N.C2H6/c1-5-9-8(4)6-7(2)3;1-2/h5-7H,1-4H3;1-2H3/b8-6-,9-5?;. The van der Waals surface area contributed by atoms with Gasteiger partial charge in [0.25, 0.3) is 0 Å². The van der Waals surface area contributed by atoms with E-state index in [-0.39, 0.29) is 0 Å². The first-order valence-corrected chi connectivity index (χ1v) is 4.34. The van der Waals surface area contributed by atoms with Crippen molar-refractivity contribution in [3.8, 4) is 0 Å². The molecule has 0 radical (unpaired) electrons. The second-order valence-electron chi connectivity index (χ2n) is 2.44. The van der Waals surface area contributed by atoms with E-state index in [0.717, 1.165) is 5.70 Å². The summed E-state index contributed by atoms with van der Waals surface area (Å²) in [6, 6.07) is 0. The van der Waals surface area contributed by atoms with Crippen molar-refractivity contribution in [2.24, 2.45) is 10.9 Å². The summed E-state index contributed by atoms with van der Waals surface area (Å²) < 4.78 is 0. The second kappa shape index (κ2) is 9.41. The highest BCUT2D eigenvalue weighted by atomic mass is 14.7. The van der Waals surface area contributed by atoms with Crippen LogP contribution in [0, 0.1) is 5.92 Å². The van der Waals surface area contributed by atoms with Gasteiger partial charge in [0.05, 0.1) is 0 Å². The fourth-order valence-corrected chi connectivity index (χ4v) is 0.729. The molecule has 0 aromatic heterocycles. The number of nitrogens with zero attached hydrogens (tertiary/aromatic N) is 1. The number of rotatable bonds is 2. The Bertz CT molecular complexity index is 121. The van der Waals surface area contributed by atoms with Gasteiger partial charge in [-0.05, 0) is 19.8 Å². The van der Waals surface area contributed by atoms with Gasteiger partial charge in [0, 0.05) is 11.9 Å². The highest BCUT2D eigenvalue weighted by Gasteiger charge is 1.85. The largest absolute Gasteiger partial charge is 0.267 e. The fourth-order valence-electron chi connectivity index (χ4n) is 0.729. The van der Waals surface area contributed by atoms with Crippen LogP contribution in [0.25, 0.3) is 0 Å². The lowest BCUT2D eigenvalue weighted by Crippen LogP contribution is -1.80. The Morgan fingerprint density at radius 2 is 1.73 bits per heavy atom. The molecular weight excluding hydrogens is 134 g/mol.